The number of fused-ring (bicyclic) bond motifs is 1. The van der Waals surface area contributed by atoms with Crippen LogP contribution in [0.15, 0.2) is 24.3 Å². The van der Waals surface area contributed by atoms with Crippen molar-refractivity contribution < 1.29 is 19.8 Å². The lowest BCUT2D eigenvalue weighted by atomic mass is 9.70. The first kappa shape index (κ1) is 11.1. The molecule has 1 unspecified atom stereocenters. The Morgan fingerprint density at radius 2 is 1.89 bits per heavy atom. The number of aliphatic carboxylic acids is 1. The summed E-state index contributed by atoms with van der Waals surface area (Å²) >= 11 is 0. The molecule has 2 N–H and O–H groups in total. The molecule has 1 saturated heterocycles. The summed E-state index contributed by atoms with van der Waals surface area (Å²) in [6.45, 7) is 0.627. The molecule has 1 aromatic carbocycles. The van der Waals surface area contributed by atoms with Crippen molar-refractivity contribution in [1.29, 1.82) is 0 Å². The summed E-state index contributed by atoms with van der Waals surface area (Å²) in [4.78, 5) is 23.6. The average molecular weight is 247 g/mol. The van der Waals surface area contributed by atoms with Crippen molar-refractivity contribution in [1.82, 2.24) is 4.90 Å². The monoisotopic (exact) mass is 247 g/mol. The SMILES string of the molecule is O=C(O)C1c2ccccc2CC12CN(C(=O)O)C2. The average Bonchev–Trinajstić information content (AvgIpc) is 2.61. The number of carbonyl (C=O) groups is 2. The summed E-state index contributed by atoms with van der Waals surface area (Å²) in [5.74, 6) is -1.44. The fourth-order valence-corrected chi connectivity index (χ4v) is 3.33. The first-order valence-electron chi connectivity index (χ1n) is 5.82. The first-order chi connectivity index (χ1) is 8.53. The standard InChI is InChI=1S/C13H13NO4/c15-11(16)10-9-4-2-1-3-8(9)5-13(10)6-14(7-13)12(17)18/h1-4,10H,5-7H2,(H,15,16)(H,17,18). The van der Waals surface area contributed by atoms with Crippen molar-refractivity contribution in [2.75, 3.05) is 13.1 Å². The van der Waals surface area contributed by atoms with E-state index in [1.54, 1.807) is 0 Å². The van der Waals surface area contributed by atoms with Crippen LogP contribution in [-0.4, -0.2) is 40.3 Å². The lowest BCUT2D eigenvalue weighted by Crippen LogP contribution is -2.61. The minimum absolute atomic E-state index is 0.313. The molecule has 18 heavy (non-hydrogen) atoms. The van der Waals surface area contributed by atoms with Crippen molar-refractivity contribution in [3.63, 3.8) is 0 Å². The summed E-state index contributed by atoms with van der Waals surface area (Å²) in [5, 5.41) is 18.3. The van der Waals surface area contributed by atoms with Crippen molar-refractivity contribution >= 4 is 12.1 Å². The van der Waals surface area contributed by atoms with Gasteiger partial charge < -0.3 is 15.1 Å². The maximum Gasteiger partial charge on any atom is 0.407 e. The van der Waals surface area contributed by atoms with Gasteiger partial charge in [-0.15, -0.1) is 0 Å². The second-order valence-corrected chi connectivity index (χ2v) is 5.15. The predicted molar refractivity (Wildman–Crippen MR) is 62.6 cm³/mol. The minimum Gasteiger partial charge on any atom is -0.481 e. The van der Waals surface area contributed by atoms with Crippen molar-refractivity contribution in [2.24, 2.45) is 5.41 Å². The zero-order chi connectivity index (χ0) is 12.9. The summed E-state index contributed by atoms with van der Waals surface area (Å²) in [6.07, 6.45) is -0.315. The van der Waals surface area contributed by atoms with Gasteiger partial charge in [0.15, 0.2) is 0 Å². The Balaban J connectivity index is 1.96. The van der Waals surface area contributed by atoms with E-state index in [2.05, 4.69) is 0 Å². The smallest absolute Gasteiger partial charge is 0.407 e. The van der Waals surface area contributed by atoms with Gasteiger partial charge in [-0.3, -0.25) is 4.79 Å². The van der Waals surface area contributed by atoms with Gasteiger partial charge >= 0.3 is 12.1 Å². The number of carboxylic acid groups (broad SMARTS) is 2. The Morgan fingerprint density at radius 3 is 2.50 bits per heavy atom. The molecule has 5 heteroatoms. The lowest BCUT2D eigenvalue weighted by Gasteiger charge is -2.49. The van der Waals surface area contributed by atoms with Crippen LogP contribution in [0.1, 0.15) is 17.0 Å². The van der Waals surface area contributed by atoms with E-state index in [0.717, 1.165) is 11.1 Å². The molecule has 1 aromatic rings. The van der Waals surface area contributed by atoms with Gasteiger partial charge in [-0.25, -0.2) is 4.79 Å². The molecule has 1 aliphatic carbocycles. The topological polar surface area (TPSA) is 77.8 Å². The second kappa shape index (κ2) is 3.48. The number of amides is 1. The third kappa shape index (κ3) is 1.33. The molecule has 1 aliphatic heterocycles. The van der Waals surface area contributed by atoms with Crippen LogP contribution in [0.25, 0.3) is 0 Å². The normalized spacial score (nSPS) is 23.6. The lowest BCUT2D eigenvalue weighted by molar-refractivity contribution is -0.145. The van der Waals surface area contributed by atoms with Gasteiger partial charge in [0.2, 0.25) is 0 Å². The van der Waals surface area contributed by atoms with E-state index < -0.39 is 23.4 Å². The maximum atomic E-state index is 11.5. The van der Waals surface area contributed by atoms with Crippen LogP contribution in [0.5, 0.6) is 0 Å². The number of rotatable bonds is 1. The highest BCUT2D eigenvalue weighted by atomic mass is 16.4. The van der Waals surface area contributed by atoms with Crippen LogP contribution in [0.2, 0.25) is 0 Å². The Kier molecular flexibility index (Phi) is 2.14. The molecule has 1 spiro atoms. The van der Waals surface area contributed by atoms with Crippen LogP contribution in [-0.2, 0) is 11.2 Å². The zero-order valence-electron chi connectivity index (χ0n) is 9.67. The van der Waals surface area contributed by atoms with Crippen LogP contribution >= 0.6 is 0 Å². The Hall–Kier alpha value is -2.04. The van der Waals surface area contributed by atoms with E-state index >= 15 is 0 Å². The molecule has 5 nitrogen and oxygen atoms in total. The Morgan fingerprint density at radius 1 is 1.22 bits per heavy atom. The number of benzene rings is 1. The van der Waals surface area contributed by atoms with Crippen molar-refractivity contribution in [2.45, 2.75) is 12.3 Å². The molecule has 0 bridgehead atoms. The number of carboxylic acids is 1. The number of hydrogen-bond donors (Lipinski definition) is 2. The molecule has 0 saturated carbocycles. The van der Waals surface area contributed by atoms with Gasteiger partial charge in [0.1, 0.15) is 0 Å². The van der Waals surface area contributed by atoms with Crippen molar-refractivity contribution in [3.8, 4) is 0 Å². The molecule has 1 atom stereocenters. The predicted octanol–water partition coefficient (Wildman–Crippen LogP) is 1.39. The highest BCUT2D eigenvalue weighted by Gasteiger charge is 2.57. The largest absolute Gasteiger partial charge is 0.481 e. The van der Waals surface area contributed by atoms with E-state index in [9.17, 15) is 14.7 Å². The molecule has 1 heterocycles. The third-order valence-corrected chi connectivity index (χ3v) is 4.05. The van der Waals surface area contributed by atoms with Gasteiger partial charge in [0, 0.05) is 18.5 Å². The van der Waals surface area contributed by atoms with Crippen LogP contribution in [0.3, 0.4) is 0 Å². The summed E-state index contributed by atoms with van der Waals surface area (Å²) in [7, 11) is 0. The number of hydrogen-bond acceptors (Lipinski definition) is 2. The molecular weight excluding hydrogens is 234 g/mol. The molecular formula is C13H13NO4. The quantitative estimate of drug-likeness (QED) is 0.786. The van der Waals surface area contributed by atoms with Gasteiger partial charge in [0.25, 0.3) is 0 Å². The van der Waals surface area contributed by atoms with E-state index in [4.69, 9.17) is 5.11 Å². The number of likely N-dealkylation sites (tertiary alicyclic amines) is 1. The van der Waals surface area contributed by atoms with E-state index in [1.807, 2.05) is 24.3 Å². The highest BCUT2D eigenvalue weighted by Crippen LogP contribution is 2.52. The van der Waals surface area contributed by atoms with E-state index in [0.29, 0.717) is 19.5 Å². The zero-order valence-corrected chi connectivity index (χ0v) is 9.67. The fraction of sp³-hybridized carbons (Fsp3) is 0.385. The summed E-state index contributed by atoms with van der Waals surface area (Å²) < 4.78 is 0. The molecule has 2 aliphatic rings. The molecule has 94 valence electrons. The van der Waals surface area contributed by atoms with E-state index in [1.165, 1.54) is 4.90 Å². The first-order valence-corrected chi connectivity index (χ1v) is 5.82. The molecule has 3 rings (SSSR count). The van der Waals surface area contributed by atoms with Gasteiger partial charge in [-0.05, 0) is 17.5 Å². The van der Waals surface area contributed by atoms with Gasteiger partial charge in [-0.2, -0.15) is 0 Å². The molecule has 1 amide bonds. The number of nitrogens with zero attached hydrogens (tertiary/aromatic N) is 1. The Bertz CT molecular complexity index is 534. The van der Waals surface area contributed by atoms with Crippen LogP contribution < -0.4 is 0 Å². The summed E-state index contributed by atoms with van der Waals surface area (Å²) in [6, 6.07) is 7.50. The Labute approximate surface area is 104 Å². The highest BCUT2D eigenvalue weighted by molar-refractivity contribution is 5.81. The van der Waals surface area contributed by atoms with Gasteiger partial charge in [-0.1, -0.05) is 24.3 Å². The maximum absolute atomic E-state index is 11.5. The van der Waals surface area contributed by atoms with Gasteiger partial charge in [0.05, 0.1) is 5.92 Å². The summed E-state index contributed by atoms with van der Waals surface area (Å²) in [5.41, 5.74) is 1.44. The van der Waals surface area contributed by atoms with Crippen LogP contribution in [0.4, 0.5) is 4.79 Å². The molecule has 1 fully saturated rings. The second-order valence-electron chi connectivity index (χ2n) is 5.15. The minimum atomic E-state index is -0.972. The van der Waals surface area contributed by atoms with Crippen LogP contribution in [0, 0.1) is 5.41 Å². The van der Waals surface area contributed by atoms with E-state index in [-0.39, 0.29) is 0 Å². The third-order valence-electron chi connectivity index (χ3n) is 4.05. The fourth-order valence-electron chi connectivity index (χ4n) is 3.33. The molecule has 0 radical (unpaired) electrons. The van der Waals surface area contributed by atoms with Crippen molar-refractivity contribution in [3.05, 3.63) is 35.4 Å². The molecule has 0 aromatic heterocycles.